The second-order valence-electron chi connectivity index (χ2n) is 4.55. The first-order valence-corrected chi connectivity index (χ1v) is 6.97. The molecule has 2 rings (SSSR count). The van der Waals surface area contributed by atoms with Crippen molar-refractivity contribution in [1.29, 1.82) is 0 Å². The number of nitrogens with zero attached hydrogens (tertiary/aromatic N) is 1. The molecule has 1 aromatic carbocycles. The number of hydrogen-bond acceptors (Lipinski definition) is 4. The van der Waals surface area contributed by atoms with E-state index in [2.05, 4.69) is 20.7 Å². The van der Waals surface area contributed by atoms with Crippen LogP contribution in [-0.4, -0.2) is 42.8 Å². The predicted octanol–water partition coefficient (Wildman–Crippen LogP) is 1.65. The van der Waals surface area contributed by atoms with Gasteiger partial charge in [0.15, 0.2) is 5.78 Å². The van der Waals surface area contributed by atoms with E-state index >= 15 is 0 Å². The number of ether oxygens (including phenoxy) is 1. The Bertz CT molecular complexity index is 550. The van der Waals surface area contributed by atoms with E-state index < -0.39 is 11.9 Å². The third-order valence-electron chi connectivity index (χ3n) is 3.26. The van der Waals surface area contributed by atoms with Crippen molar-refractivity contribution in [2.45, 2.75) is 6.42 Å². The molecule has 1 unspecified atom stereocenters. The van der Waals surface area contributed by atoms with Gasteiger partial charge in [0.25, 0.3) is 5.91 Å². The summed E-state index contributed by atoms with van der Waals surface area (Å²) in [6.45, 7) is 0.411. The zero-order valence-electron chi connectivity index (χ0n) is 11.0. The van der Waals surface area contributed by atoms with Gasteiger partial charge >= 0.3 is 5.97 Å². The van der Waals surface area contributed by atoms with E-state index in [4.69, 9.17) is 0 Å². The van der Waals surface area contributed by atoms with Crippen LogP contribution in [0.1, 0.15) is 16.8 Å². The number of halogens is 1. The van der Waals surface area contributed by atoms with Gasteiger partial charge in [-0.15, -0.1) is 0 Å². The molecule has 0 saturated carbocycles. The maximum absolute atomic E-state index is 12.4. The Labute approximate surface area is 125 Å². The molecule has 1 heterocycles. The topological polar surface area (TPSA) is 63.7 Å². The molecule has 5 nitrogen and oxygen atoms in total. The fraction of sp³-hybridized carbons (Fsp3) is 0.357. The van der Waals surface area contributed by atoms with Gasteiger partial charge in [0.1, 0.15) is 5.92 Å². The van der Waals surface area contributed by atoms with Crippen molar-refractivity contribution in [3.8, 4) is 0 Å². The highest BCUT2D eigenvalue weighted by Gasteiger charge is 2.35. The summed E-state index contributed by atoms with van der Waals surface area (Å²) in [5.41, 5.74) is 0.525. The van der Waals surface area contributed by atoms with Gasteiger partial charge in [0.2, 0.25) is 0 Å². The van der Waals surface area contributed by atoms with E-state index in [9.17, 15) is 14.4 Å². The number of ketones is 1. The molecule has 1 amide bonds. The number of Topliss-reactive ketones (excluding diaryl/α,β-unsaturated/α-hetero) is 1. The summed E-state index contributed by atoms with van der Waals surface area (Å²) in [4.78, 5) is 37.1. The van der Waals surface area contributed by atoms with Gasteiger partial charge in [0, 0.05) is 29.5 Å². The Morgan fingerprint density at radius 1 is 1.40 bits per heavy atom. The van der Waals surface area contributed by atoms with E-state index in [-0.39, 0.29) is 24.7 Å². The highest BCUT2D eigenvalue weighted by atomic mass is 79.9. The van der Waals surface area contributed by atoms with Crippen molar-refractivity contribution >= 4 is 33.6 Å². The number of carbonyl (C=O) groups excluding carboxylic acids is 3. The van der Waals surface area contributed by atoms with Gasteiger partial charge < -0.3 is 9.64 Å². The molecule has 0 radical (unpaired) electrons. The molecule has 20 heavy (non-hydrogen) atoms. The molecule has 0 N–H and O–H groups in total. The Hall–Kier alpha value is -1.69. The maximum atomic E-state index is 12.4. The van der Waals surface area contributed by atoms with Crippen LogP contribution in [0, 0.1) is 5.92 Å². The number of benzene rings is 1. The average Bonchev–Trinajstić information content (AvgIpc) is 2.46. The second-order valence-corrected chi connectivity index (χ2v) is 5.47. The molecule has 0 spiro atoms. The second kappa shape index (κ2) is 6.17. The number of esters is 1. The van der Waals surface area contributed by atoms with Gasteiger partial charge in [-0.25, -0.2) is 0 Å². The maximum Gasteiger partial charge on any atom is 0.318 e. The van der Waals surface area contributed by atoms with Crippen LogP contribution in [0.3, 0.4) is 0 Å². The van der Waals surface area contributed by atoms with Crippen molar-refractivity contribution in [3.05, 3.63) is 34.3 Å². The summed E-state index contributed by atoms with van der Waals surface area (Å²) < 4.78 is 5.41. The predicted molar refractivity (Wildman–Crippen MR) is 75.2 cm³/mol. The Kier molecular flexibility index (Phi) is 4.54. The number of piperidine rings is 1. The minimum Gasteiger partial charge on any atom is -0.468 e. The summed E-state index contributed by atoms with van der Waals surface area (Å²) in [6, 6.07) is 7.01. The van der Waals surface area contributed by atoms with Crippen LogP contribution in [0.15, 0.2) is 28.7 Å². The number of amides is 1. The molecule has 1 atom stereocenters. The summed E-state index contributed by atoms with van der Waals surface area (Å²) in [5.74, 6) is -1.81. The van der Waals surface area contributed by atoms with E-state index in [1.807, 2.05) is 6.07 Å². The van der Waals surface area contributed by atoms with E-state index in [1.54, 1.807) is 18.2 Å². The molecule has 1 saturated heterocycles. The van der Waals surface area contributed by atoms with Gasteiger partial charge in [-0.2, -0.15) is 0 Å². The van der Waals surface area contributed by atoms with Crippen molar-refractivity contribution < 1.29 is 19.1 Å². The third kappa shape index (κ3) is 3.07. The molecule has 0 aromatic heterocycles. The van der Waals surface area contributed by atoms with Crippen molar-refractivity contribution in [3.63, 3.8) is 0 Å². The minimum atomic E-state index is -0.871. The highest BCUT2D eigenvalue weighted by molar-refractivity contribution is 9.10. The normalized spacial score (nSPS) is 18.8. The average molecular weight is 340 g/mol. The molecular weight excluding hydrogens is 326 g/mol. The summed E-state index contributed by atoms with van der Waals surface area (Å²) in [6.07, 6.45) is 0.180. The summed E-state index contributed by atoms with van der Waals surface area (Å²) in [7, 11) is 1.24. The molecule has 1 aromatic rings. The zero-order chi connectivity index (χ0) is 14.7. The summed E-state index contributed by atoms with van der Waals surface area (Å²) in [5, 5.41) is 0. The monoisotopic (exact) mass is 339 g/mol. The fourth-order valence-corrected chi connectivity index (χ4v) is 2.57. The van der Waals surface area contributed by atoms with E-state index in [0.717, 1.165) is 4.47 Å². The molecular formula is C14H14BrNO4. The number of rotatable bonds is 2. The lowest BCUT2D eigenvalue weighted by Gasteiger charge is -2.30. The fourth-order valence-electron chi connectivity index (χ4n) is 2.17. The minimum absolute atomic E-state index is 0.0802. The SMILES string of the molecule is COC(=O)C1CN(C(=O)c2cccc(Br)c2)CCC1=O. The van der Waals surface area contributed by atoms with Crippen molar-refractivity contribution in [2.75, 3.05) is 20.2 Å². The lowest BCUT2D eigenvalue weighted by molar-refractivity contribution is -0.151. The molecule has 0 aliphatic carbocycles. The van der Waals surface area contributed by atoms with Crippen molar-refractivity contribution in [2.24, 2.45) is 5.92 Å². The van der Waals surface area contributed by atoms with Crippen LogP contribution in [0.4, 0.5) is 0 Å². The molecule has 0 bridgehead atoms. The zero-order valence-corrected chi connectivity index (χ0v) is 12.6. The van der Waals surface area contributed by atoms with Crippen LogP contribution in [-0.2, 0) is 14.3 Å². The van der Waals surface area contributed by atoms with Crippen LogP contribution < -0.4 is 0 Å². The Morgan fingerprint density at radius 3 is 2.80 bits per heavy atom. The molecule has 1 aliphatic rings. The Balaban J connectivity index is 2.15. The first kappa shape index (κ1) is 14.7. The number of hydrogen-bond donors (Lipinski definition) is 0. The quantitative estimate of drug-likeness (QED) is 0.607. The first-order valence-electron chi connectivity index (χ1n) is 6.18. The molecule has 106 valence electrons. The van der Waals surface area contributed by atoms with Gasteiger partial charge in [0.05, 0.1) is 7.11 Å². The van der Waals surface area contributed by atoms with Crippen LogP contribution in [0.5, 0.6) is 0 Å². The van der Waals surface area contributed by atoms with Gasteiger partial charge in [-0.1, -0.05) is 22.0 Å². The van der Waals surface area contributed by atoms with Crippen LogP contribution >= 0.6 is 15.9 Å². The lowest BCUT2D eigenvalue weighted by atomic mass is 9.96. The summed E-state index contributed by atoms with van der Waals surface area (Å²) >= 11 is 3.31. The molecule has 1 fully saturated rings. The molecule has 6 heteroatoms. The van der Waals surface area contributed by atoms with Gasteiger partial charge in [-0.05, 0) is 18.2 Å². The standard InChI is InChI=1S/C14H14BrNO4/c1-20-14(19)11-8-16(6-5-12(11)17)13(18)9-3-2-4-10(15)7-9/h2-4,7,11H,5-6,8H2,1H3. The Morgan fingerprint density at radius 2 is 2.15 bits per heavy atom. The number of likely N-dealkylation sites (tertiary alicyclic amines) is 1. The smallest absolute Gasteiger partial charge is 0.318 e. The highest BCUT2D eigenvalue weighted by Crippen LogP contribution is 2.19. The van der Waals surface area contributed by atoms with E-state index in [1.165, 1.54) is 12.0 Å². The van der Waals surface area contributed by atoms with Gasteiger partial charge in [-0.3, -0.25) is 14.4 Å². The van der Waals surface area contributed by atoms with E-state index in [0.29, 0.717) is 12.1 Å². The van der Waals surface area contributed by atoms with Crippen LogP contribution in [0.25, 0.3) is 0 Å². The van der Waals surface area contributed by atoms with Crippen molar-refractivity contribution in [1.82, 2.24) is 4.90 Å². The van der Waals surface area contributed by atoms with Crippen LogP contribution in [0.2, 0.25) is 0 Å². The molecule has 1 aliphatic heterocycles. The first-order chi connectivity index (χ1) is 9.52. The third-order valence-corrected chi connectivity index (χ3v) is 3.76. The largest absolute Gasteiger partial charge is 0.468 e. The number of methoxy groups -OCH3 is 1. The lowest BCUT2D eigenvalue weighted by Crippen LogP contribution is -2.47. The number of carbonyl (C=O) groups is 3.